The summed E-state index contributed by atoms with van der Waals surface area (Å²) in [5, 5.41) is 0. The molecule has 1 amide bonds. The molecule has 0 saturated heterocycles. The maximum Gasteiger partial charge on any atom is 0.280 e. The number of rotatable bonds is 5. The van der Waals surface area contributed by atoms with E-state index in [1.54, 1.807) is 12.4 Å². The molecule has 2 N–H and O–H groups in total. The van der Waals surface area contributed by atoms with Crippen LogP contribution < -0.4 is 10.9 Å². The van der Waals surface area contributed by atoms with Gasteiger partial charge in [-0.05, 0) is 34.9 Å². The second-order valence-corrected chi connectivity index (χ2v) is 7.07. The predicted octanol–water partition coefficient (Wildman–Crippen LogP) is 2.88. The number of aliphatic imine (C=N–C) groups is 2. The minimum Gasteiger partial charge on any atom is -0.286 e. The summed E-state index contributed by atoms with van der Waals surface area (Å²) in [5.41, 5.74) is 13.5. The third-order valence-electron chi connectivity index (χ3n) is 5.13. The van der Waals surface area contributed by atoms with Crippen molar-refractivity contribution in [2.24, 2.45) is 9.98 Å². The summed E-state index contributed by atoms with van der Waals surface area (Å²) in [4.78, 5) is 25.9. The molecule has 2 aliphatic rings. The molecule has 0 fully saturated rings. The Kier molecular flexibility index (Phi) is 4.46. The van der Waals surface area contributed by atoms with Gasteiger partial charge in [-0.25, -0.2) is 10.4 Å². The van der Waals surface area contributed by atoms with Crippen LogP contribution in [0.1, 0.15) is 27.8 Å². The summed E-state index contributed by atoms with van der Waals surface area (Å²) < 4.78 is 0. The van der Waals surface area contributed by atoms with Crippen molar-refractivity contribution >= 4 is 23.0 Å². The second kappa shape index (κ2) is 7.41. The highest BCUT2D eigenvalue weighted by Gasteiger charge is 2.25. The van der Waals surface area contributed by atoms with Crippen molar-refractivity contribution in [3.8, 4) is 0 Å². The number of aromatic nitrogens is 1. The van der Waals surface area contributed by atoms with Crippen LogP contribution >= 0.6 is 0 Å². The molecule has 0 atom stereocenters. The summed E-state index contributed by atoms with van der Waals surface area (Å²) in [6.07, 6.45) is 4.07. The number of carbonyl (C=O) groups excluding carboxylic acids is 1. The van der Waals surface area contributed by atoms with Crippen LogP contribution in [0.2, 0.25) is 0 Å². The molecule has 0 aliphatic carbocycles. The minimum atomic E-state index is -0.194. The fourth-order valence-electron chi connectivity index (χ4n) is 3.68. The van der Waals surface area contributed by atoms with Crippen LogP contribution in [0.5, 0.6) is 0 Å². The van der Waals surface area contributed by atoms with E-state index in [0.717, 1.165) is 33.7 Å². The fraction of sp³-hybridized carbons (Fsp3) is 0.130. The van der Waals surface area contributed by atoms with Gasteiger partial charge < -0.3 is 0 Å². The topological polar surface area (TPSA) is 78.7 Å². The van der Waals surface area contributed by atoms with Gasteiger partial charge in [-0.2, -0.15) is 0 Å². The maximum absolute atomic E-state index is 12.5. The van der Waals surface area contributed by atoms with Gasteiger partial charge in [0, 0.05) is 36.5 Å². The minimum absolute atomic E-state index is 0.194. The Bertz CT molecular complexity index is 1140. The highest BCUT2D eigenvalue weighted by atomic mass is 16.2. The number of amides is 1. The maximum atomic E-state index is 12.5. The number of nitrogens with zero attached hydrogens (tertiary/aromatic N) is 3. The molecule has 5 rings (SSSR count). The second-order valence-electron chi connectivity index (χ2n) is 7.07. The molecular formula is C23H19N5O. The van der Waals surface area contributed by atoms with Crippen molar-refractivity contribution in [2.45, 2.75) is 19.5 Å². The largest absolute Gasteiger partial charge is 0.286 e. The third-order valence-corrected chi connectivity index (χ3v) is 5.13. The van der Waals surface area contributed by atoms with E-state index in [1.165, 1.54) is 5.56 Å². The smallest absolute Gasteiger partial charge is 0.280 e. The molecule has 3 aromatic rings. The van der Waals surface area contributed by atoms with Gasteiger partial charge in [-0.15, -0.1) is 0 Å². The standard InChI is InChI=1S/C23H19N5O/c29-23(28-26-13-15-4-2-1-3-5-15)21-11-17-10-18-14-25-22(16-6-8-24-9-7-16)19(18)12-20(17)27-21/h1-10,12,26H,11,13-14H2,(H,28,29). The first-order valence-electron chi connectivity index (χ1n) is 9.53. The summed E-state index contributed by atoms with van der Waals surface area (Å²) >= 11 is 0. The zero-order valence-electron chi connectivity index (χ0n) is 15.7. The van der Waals surface area contributed by atoms with Gasteiger partial charge in [0.25, 0.3) is 5.91 Å². The van der Waals surface area contributed by atoms with Crippen LogP contribution in [0.4, 0.5) is 5.69 Å². The molecule has 1 aromatic heterocycles. The lowest BCUT2D eigenvalue weighted by atomic mass is 9.97. The van der Waals surface area contributed by atoms with E-state index in [0.29, 0.717) is 25.2 Å². The van der Waals surface area contributed by atoms with Gasteiger partial charge in [0.2, 0.25) is 0 Å². The molecule has 6 nitrogen and oxygen atoms in total. The molecule has 29 heavy (non-hydrogen) atoms. The summed E-state index contributed by atoms with van der Waals surface area (Å²) in [6.45, 7) is 1.22. The van der Waals surface area contributed by atoms with E-state index in [9.17, 15) is 4.79 Å². The zero-order valence-corrected chi connectivity index (χ0v) is 15.7. The SMILES string of the molecule is O=C(NNCc1ccccc1)C1=Nc2cc3c(cc2C1)CN=C3c1ccncc1. The number of hydrogen-bond donors (Lipinski definition) is 2. The van der Waals surface area contributed by atoms with E-state index >= 15 is 0 Å². The van der Waals surface area contributed by atoms with Crippen LogP contribution in [0.15, 0.2) is 77.0 Å². The van der Waals surface area contributed by atoms with Gasteiger partial charge >= 0.3 is 0 Å². The van der Waals surface area contributed by atoms with Gasteiger partial charge in [0.1, 0.15) is 5.71 Å². The molecule has 142 valence electrons. The monoisotopic (exact) mass is 381 g/mol. The molecule has 0 bridgehead atoms. The van der Waals surface area contributed by atoms with Crippen molar-refractivity contribution < 1.29 is 4.79 Å². The van der Waals surface area contributed by atoms with E-state index in [2.05, 4.69) is 38.0 Å². The third kappa shape index (κ3) is 3.46. The normalized spacial score (nSPS) is 14.1. The fourth-order valence-corrected chi connectivity index (χ4v) is 3.68. The molecular weight excluding hydrogens is 362 g/mol. The quantitative estimate of drug-likeness (QED) is 0.667. The Labute approximate surface area is 168 Å². The van der Waals surface area contributed by atoms with Crippen molar-refractivity contribution in [2.75, 3.05) is 0 Å². The number of hydrazine groups is 1. The average molecular weight is 381 g/mol. The lowest BCUT2D eigenvalue weighted by molar-refractivity contribution is -0.115. The Hall–Kier alpha value is -3.64. The molecule has 0 spiro atoms. The van der Waals surface area contributed by atoms with Crippen molar-refractivity contribution in [1.82, 2.24) is 15.8 Å². The molecule has 0 saturated carbocycles. The Morgan fingerprint density at radius 1 is 1.00 bits per heavy atom. The van der Waals surface area contributed by atoms with Crippen LogP contribution in [0, 0.1) is 0 Å². The number of fused-ring (bicyclic) bond motifs is 2. The summed E-state index contributed by atoms with van der Waals surface area (Å²) in [7, 11) is 0. The van der Waals surface area contributed by atoms with Crippen molar-refractivity contribution in [3.05, 3.63) is 94.8 Å². The van der Waals surface area contributed by atoms with Crippen LogP contribution in [-0.2, 0) is 24.3 Å². The Morgan fingerprint density at radius 3 is 2.66 bits per heavy atom. The molecule has 6 heteroatoms. The lowest BCUT2D eigenvalue weighted by Crippen LogP contribution is -2.41. The van der Waals surface area contributed by atoms with Crippen molar-refractivity contribution in [3.63, 3.8) is 0 Å². The van der Waals surface area contributed by atoms with Crippen LogP contribution in [0.25, 0.3) is 0 Å². The van der Waals surface area contributed by atoms with Crippen LogP contribution in [0.3, 0.4) is 0 Å². The van der Waals surface area contributed by atoms with E-state index in [4.69, 9.17) is 0 Å². The molecule has 0 unspecified atom stereocenters. The Balaban J connectivity index is 1.30. The number of hydrogen-bond acceptors (Lipinski definition) is 5. The molecule has 3 heterocycles. The predicted molar refractivity (Wildman–Crippen MR) is 112 cm³/mol. The summed E-state index contributed by atoms with van der Waals surface area (Å²) in [6, 6.07) is 18.0. The molecule has 2 aromatic carbocycles. The van der Waals surface area contributed by atoms with Crippen LogP contribution in [-0.4, -0.2) is 22.3 Å². The highest BCUT2D eigenvalue weighted by Crippen LogP contribution is 2.34. The number of pyridine rings is 1. The van der Waals surface area contributed by atoms with E-state index in [1.807, 2.05) is 42.5 Å². The first-order chi connectivity index (χ1) is 14.3. The summed E-state index contributed by atoms with van der Waals surface area (Å²) in [5.74, 6) is -0.194. The van der Waals surface area contributed by atoms with Crippen molar-refractivity contribution in [1.29, 1.82) is 0 Å². The lowest BCUT2D eigenvalue weighted by Gasteiger charge is -2.07. The van der Waals surface area contributed by atoms with Gasteiger partial charge in [0.15, 0.2) is 0 Å². The van der Waals surface area contributed by atoms with Gasteiger partial charge in [-0.3, -0.25) is 20.2 Å². The number of benzene rings is 2. The first kappa shape index (κ1) is 17.5. The highest BCUT2D eigenvalue weighted by molar-refractivity contribution is 6.40. The Morgan fingerprint density at radius 2 is 1.83 bits per heavy atom. The van der Waals surface area contributed by atoms with Gasteiger partial charge in [0.05, 0.1) is 17.9 Å². The zero-order chi connectivity index (χ0) is 19.6. The van der Waals surface area contributed by atoms with E-state index < -0.39 is 0 Å². The van der Waals surface area contributed by atoms with Gasteiger partial charge in [-0.1, -0.05) is 36.4 Å². The molecule has 0 radical (unpaired) electrons. The average Bonchev–Trinajstić information content (AvgIpc) is 3.37. The molecule has 2 aliphatic heterocycles. The number of carbonyl (C=O) groups is 1. The number of nitrogens with one attached hydrogen (secondary N) is 2. The first-order valence-corrected chi connectivity index (χ1v) is 9.53. The van der Waals surface area contributed by atoms with E-state index in [-0.39, 0.29) is 5.91 Å².